The van der Waals surface area contributed by atoms with E-state index < -0.39 is 0 Å². The molecule has 0 spiro atoms. The molecule has 2 heteroatoms. The van der Waals surface area contributed by atoms with Gasteiger partial charge in [0.25, 0.3) is 0 Å². The molecule has 2 aliphatic carbocycles. The van der Waals surface area contributed by atoms with Crippen molar-refractivity contribution in [3.05, 3.63) is 0 Å². The maximum absolute atomic E-state index is 3.76. The molecule has 2 aliphatic rings. The summed E-state index contributed by atoms with van der Waals surface area (Å²) in [5, 5.41) is 3.76. The molecular weight excluding hydrogens is 244 g/mol. The summed E-state index contributed by atoms with van der Waals surface area (Å²) in [4.78, 5) is 2.57. The maximum Gasteiger partial charge on any atom is 0.0359 e. The van der Waals surface area contributed by atoms with Gasteiger partial charge in [-0.25, -0.2) is 0 Å². The van der Waals surface area contributed by atoms with Gasteiger partial charge >= 0.3 is 0 Å². The van der Waals surface area contributed by atoms with Gasteiger partial charge in [0, 0.05) is 11.6 Å². The Balaban J connectivity index is 2.16. The van der Waals surface area contributed by atoms with Crippen molar-refractivity contribution in [1.82, 2.24) is 10.2 Å². The highest BCUT2D eigenvalue weighted by atomic mass is 15.2. The highest BCUT2D eigenvalue weighted by molar-refractivity contribution is 5.02. The lowest BCUT2D eigenvalue weighted by Crippen LogP contribution is -2.61. The Morgan fingerprint density at radius 3 is 1.95 bits per heavy atom. The van der Waals surface area contributed by atoms with Gasteiger partial charge in [0.1, 0.15) is 0 Å². The van der Waals surface area contributed by atoms with Crippen molar-refractivity contribution >= 4 is 0 Å². The monoisotopic (exact) mass is 280 g/mol. The molecule has 20 heavy (non-hydrogen) atoms. The lowest BCUT2D eigenvalue weighted by molar-refractivity contribution is 0.0418. The normalized spacial score (nSPS) is 32.9. The van der Waals surface area contributed by atoms with Gasteiger partial charge in [-0.1, -0.05) is 45.4 Å². The minimum absolute atomic E-state index is 0.399. The van der Waals surface area contributed by atoms with Crippen LogP contribution in [0.4, 0.5) is 0 Å². The lowest BCUT2D eigenvalue weighted by Gasteiger charge is -2.50. The Hall–Kier alpha value is -0.0800. The van der Waals surface area contributed by atoms with Crippen LogP contribution in [0.15, 0.2) is 0 Å². The number of hydrogen-bond acceptors (Lipinski definition) is 2. The molecule has 118 valence electrons. The van der Waals surface area contributed by atoms with Gasteiger partial charge in [-0.2, -0.15) is 0 Å². The Kier molecular flexibility index (Phi) is 5.92. The molecule has 2 rings (SSSR count). The zero-order chi connectivity index (χ0) is 14.6. The fourth-order valence-electron chi connectivity index (χ4n) is 4.94. The summed E-state index contributed by atoms with van der Waals surface area (Å²) in [5.74, 6) is 1.84. The van der Waals surface area contributed by atoms with Crippen molar-refractivity contribution in [3.8, 4) is 0 Å². The first-order valence-electron chi connectivity index (χ1n) is 8.95. The third-order valence-corrected chi connectivity index (χ3v) is 6.28. The fraction of sp³-hybridized carbons (Fsp3) is 1.00. The predicted molar refractivity (Wildman–Crippen MR) is 88.1 cm³/mol. The molecule has 0 saturated heterocycles. The quantitative estimate of drug-likeness (QED) is 0.781. The van der Waals surface area contributed by atoms with E-state index in [1.54, 1.807) is 0 Å². The second-order valence-electron chi connectivity index (χ2n) is 7.70. The van der Waals surface area contributed by atoms with Gasteiger partial charge in [0.05, 0.1) is 0 Å². The molecule has 1 unspecified atom stereocenters. The van der Waals surface area contributed by atoms with Crippen molar-refractivity contribution in [2.45, 2.75) is 82.7 Å². The molecule has 1 N–H and O–H groups in total. The molecule has 2 fully saturated rings. The van der Waals surface area contributed by atoms with Gasteiger partial charge < -0.3 is 10.2 Å². The van der Waals surface area contributed by atoms with Crippen LogP contribution in [0.1, 0.15) is 71.1 Å². The lowest BCUT2D eigenvalue weighted by atomic mass is 9.69. The standard InChI is InChI=1S/C18H36N2/c1-15-9-11-16(12-10-15)17(19-2)18(20(3)4)13-7-5-6-8-14-18/h15-17,19H,5-14H2,1-4H3. The molecule has 0 aromatic heterocycles. The van der Waals surface area contributed by atoms with Crippen molar-refractivity contribution in [2.75, 3.05) is 21.1 Å². The molecule has 1 atom stereocenters. The molecule has 0 radical (unpaired) electrons. The van der Waals surface area contributed by atoms with Gasteiger partial charge in [0.15, 0.2) is 0 Å². The topological polar surface area (TPSA) is 15.3 Å². The first-order valence-corrected chi connectivity index (χ1v) is 8.95. The summed E-state index contributed by atoms with van der Waals surface area (Å²) in [6, 6.07) is 0.683. The summed E-state index contributed by atoms with van der Waals surface area (Å²) in [5.41, 5.74) is 0.399. The van der Waals surface area contributed by atoms with Crippen LogP contribution in [-0.2, 0) is 0 Å². The number of nitrogens with zero attached hydrogens (tertiary/aromatic N) is 1. The molecule has 2 saturated carbocycles. The van der Waals surface area contributed by atoms with E-state index in [2.05, 4.69) is 38.3 Å². The largest absolute Gasteiger partial charge is 0.315 e. The fourth-order valence-corrected chi connectivity index (χ4v) is 4.94. The Morgan fingerprint density at radius 2 is 1.50 bits per heavy atom. The van der Waals surface area contributed by atoms with Crippen molar-refractivity contribution < 1.29 is 0 Å². The smallest absolute Gasteiger partial charge is 0.0359 e. The average molecular weight is 280 g/mol. The first-order chi connectivity index (χ1) is 9.60. The zero-order valence-electron chi connectivity index (χ0n) is 14.3. The summed E-state index contributed by atoms with van der Waals surface area (Å²) in [6.45, 7) is 2.43. The van der Waals surface area contributed by atoms with Gasteiger partial charge in [0.2, 0.25) is 0 Å². The van der Waals surface area contributed by atoms with Crippen LogP contribution in [0, 0.1) is 11.8 Å². The number of likely N-dealkylation sites (N-methyl/N-ethyl adjacent to an activating group) is 2. The van der Waals surface area contributed by atoms with Crippen LogP contribution >= 0.6 is 0 Å². The number of rotatable bonds is 4. The van der Waals surface area contributed by atoms with Crippen molar-refractivity contribution in [3.63, 3.8) is 0 Å². The first kappa shape index (κ1) is 16.3. The van der Waals surface area contributed by atoms with Crippen molar-refractivity contribution in [1.29, 1.82) is 0 Å². The molecule has 0 heterocycles. The van der Waals surface area contributed by atoms with E-state index in [0.717, 1.165) is 11.8 Å². The summed E-state index contributed by atoms with van der Waals surface area (Å²) in [7, 11) is 6.85. The van der Waals surface area contributed by atoms with Gasteiger partial charge in [-0.05, 0) is 58.7 Å². The van der Waals surface area contributed by atoms with E-state index in [1.165, 1.54) is 64.2 Å². The second-order valence-corrected chi connectivity index (χ2v) is 7.70. The van der Waals surface area contributed by atoms with E-state index in [0.29, 0.717) is 11.6 Å². The molecule has 0 aromatic carbocycles. The van der Waals surface area contributed by atoms with Crippen LogP contribution in [0.25, 0.3) is 0 Å². The minimum atomic E-state index is 0.399. The molecule has 0 bridgehead atoms. The second kappa shape index (κ2) is 7.26. The molecule has 0 amide bonds. The van der Waals surface area contributed by atoms with Crippen molar-refractivity contribution in [2.24, 2.45) is 11.8 Å². The summed E-state index contributed by atoms with van der Waals surface area (Å²) < 4.78 is 0. The average Bonchev–Trinajstić information content (AvgIpc) is 2.69. The van der Waals surface area contributed by atoms with Gasteiger partial charge in [-0.15, -0.1) is 0 Å². The maximum atomic E-state index is 3.76. The van der Waals surface area contributed by atoms with E-state index >= 15 is 0 Å². The van der Waals surface area contributed by atoms with E-state index in [9.17, 15) is 0 Å². The van der Waals surface area contributed by atoms with E-state index in [4.69, 9.17) is 0 Å². The highest BCUT2D eigenvalue weighted by Gasteiger charge is 2.44. The Labute approximate surface area is 126 Å². The third-order valence-electron chi connectivity index (χ3n) is 6.28. The number of hydrogen-bond donors (Lipinski definition) is 1. The van der Waals surface area contributed by atoms with Crippen LogP contribution < -0.4 is 5.32 Å². The summed E-state index contributed by atoms with van der Waals surface area (Å²) >= 11 is 0. The SMILES string of the molecule is CNC(C1CCC(C)CC1)C1(N(C)C)CCCCCC1. The minimum Gasteiger partial charge on any atom is -0.315 e. The van der Waals surface area contributed by atoms with Gasteiger partial charge in [-0.3, -0.25) is 0 Å². The Morgan fingerprint density at radius 1 is 0.950 bits per heavy atom. The van der Waals surface area contributed by atoms with Crippen LogP contribution in [0.2, 0.25) is 0 Å². The van der Waals surface area contributed by atoms with Crippen LogP contribution in [0.3, 0.4) is 0 Å². The summed E-state index contributed by atoms with van der Waals surface area (Å²) in [6.07, 6.45) is 14.2. The Bertz CT molecular complexity index is 271. The van der Waals surface area contributed by atoms with E-state index in [-0.39, 0.29) is 0 Å². The number of nitrogens with one attached hydrogen (secondary N) is 1. The molecular formula is C18H36N2. The highest BCUT2D eigenvalue weighted by Crippen LogP contribution is 2.41. The third kappa shape index (κ3) is 3.39. The molecule has 2 nitrogen and oxygen atoms in total. The molecule has 0 aliphatic heterocycles. The zero-order valence-corrected chi connectivity index (χ0v) is 14.3. The van der Waals surface area contributed by atoms with Crippen LogP contribution in [0.5, 0.6) is 0 Å². The van der Waals surface area contributed by atoms with Crippen LogP contribution in [-0.4, -0.2) is 37.6 Å². The molecule has 0 aromatic rings. The van der Waals surface area contributed by atoms with E-state index in [1.807, 2.05) is 0 Å². The predicted octanol–water partition coefficient (Wildman–Crippen LogP) is 4.06.